The lowest BCUT2D eigenvalue weighted by atomic mass is 10.2. The van der Waals surface area contributed by atoms with Crippen LogP contribution in [-0.2, 0) is 4.74 Å². The van der Waals surface area contributed by atoms with Gasteiger partial charge in [-0.25, -0.2) is 4.79 Å². The number of rotatable bonds is 1. The van der Waals surface area contributed by atoms with E-state index in [1.54, 1.807) is 12.2 Å². The van der Waals surface area contributed by atoms with Gasteiger partial charge >= 0.3 is 6.09 Å². The minimum atomic E-state index is -0.832. The van der Waals surface area contributed by atoms with Crippen LogP contribution in [0, 0.1) is 0 Å². The number of fused-ring (bicyclic) bond motifs is 1. The van der Waals surface area contributed by atoms with Crippen molar-refractivity contribution in [1.82, 2.24) is 0 Å². The highest BCUT2D eigenvalue weighted by atomic mass is 16.6. The summed E-state index contributed by atoms with van der Waals surface area (Å²) in [5, 5.41) is 2.97. The number of hydrogen-bond donors (Lipinski definition) is 2. The maximum Gasteiger partial charge on any atom is 0.411 e. The number of anilines is 1. The number of ether oxygens (including phenoxy) is 1. The number of amides is 1. The van der Waals surface area contributed by atoms with Crippen molar-refractivity contribution < 1.29 is 9.53 Å². The van der Waals surface area contributed by atoms with E-state index in [9.17, 15) is 4.79 Å². The molecule has 0 aliphatic carbocycles. The Balaban J connectivity index is 2.27. The summed E-state index contributed by atoms with van der Waals surface area (Å²) in [6.45, 7) is 0. The molecule has 0 saturated carbocycles. The van der Waals surface area contributed by atoms with Crippen LogP contribution in [0.4, 0.5) is 10.5 Å². The van der Waals surface area contributed by atoms with Crippen LogP contribution < -0.4 is 11.1 Å². The molecule has 0 aromatic heterocycles. The standard InChI is InChI=1S/C11H10N2O2/c12-11(14)15-10-7-3-5-8-4-1-2-6-9(8)13-10/h1-7,13H,(H2,12,14). The summed E-state index contributed by atoms with van der Waals surface area (Å²) in [6, 6.07) is 7.68. The van der Waals surface area contributed by atoms with E-state index in [1.807, 2.05) is 30.3 Å². The molecule has 4 heteroatoms. The number of hydrogen-bond acceptors (Lipinski definition) is 3. The molecule has 0 unspecified atom stereocenters. The fourth-order valence-electron chi connectivity index (χ4n) is 1.34. The molecule has 1 aromatic carbocycles. The number of nitrogens with one attached hydrogen (secondary N) is 1. The molecule has 0 fully saturated rings. The molecule has 0 saturated heterocycles. The van der Waals surface area contributed by atoms with Gasteiger partial charge < -0.3 is 15.8 Å². The first kappa shape index (κ1) is 9.33. The number of carbonyl (C=O) groups is 1. The predicted octanol–water partition coefficient (Wildman–Crippen LogP) is 2.06. The second kappa shape index (κ2) is 3.88. The normalized spacial score (nSPS) is 13.2. The smallest absolute Gasteiger partial charge is 0.393 e. The first-order valence-corrected chi connectivity index (χ1v) is 4.47. The Kier molecular flexibility index (Phi) is 2.41. The quantitative estimate of drug-likeness (QED) is 0.732. The van der Waals surface area contributed by atoms with E-state index in [0.717, 1.165) is 11.3 Å². The van der Waals surface area contributed by atoms with Crippen LogP contribution in [0.5, 0.6) is 0 Å². The Bertz CT molecular complexity index is 450. The van der Waals surface area contributed by atoms with Gasteiger partial charge in [0.2, 0.25) is 5.88 Å². The largest absolute Gasteiger partial charge is 0.411 e. The summed E-state index contributed by atoms with van der Waals surface area (Å²) in [5.41, 5.74) is 6.83. The van der Waals surface area contributed by atoms with Crippen LogP contribution in [0.2, 0.25) is 0 Å². The highest BCUT2D eigenvalue weighted by Crippen LogP contribution is 2.21. The Labute approximate surface area is 87.0 Å². The van der Waals surface area contributed by atoms with Gasteiger partial charge in [-0.2, -0.15) is 0 Å². The van der Waals surface area contributed by atoms with Crippen molar-refractivity contribution in [3.8, 4) is 0 Å². The van der Waals surface area contributed by atoms with Gasteiger partial charge in [-0.15, -0.1) is 0 Å². The van der Waals surface area contributed by atoms with Gasteiger partial charge in [0.1, 0.15) is 0 Å². The van der Waals surface area contributed by atoms with Gasteiger partial charge in [0.25, 0.3) is 0 Å². The van der Waals surface area contributed by atoms with Crippen molar-refractivity contribution >= 4 is 17.9 Å². The average molecular weight is 202 g/mol. The van der Waals surface area contributed by atoms with E-state index < -0.39 is 6.09 Å². The van der Waals surface area contributed by atoms with Crippen molar-refractivity contribution in [2.45, 2.75) is 0 Å². The maximum absolute atomic E-state index is 10.6. The third-order valence-electron chi connectivity index (χ3n) is 1.95. The van der Waals surface area contributed by atoms with Crippen LogP contribution >= 0.6 is 0 Å². The third-order valence-corrected chi connectivity index (χ3v) is 1.95. The molecule has 76 valence electrons. The molecule has 0 spiro atoms. The number of nitrogens with two attached hydrogens (primary N) is 1. The summed E-state index contributed by atoms with van der Waals surface area (Å²) >= 11 is 0. The van der Waals surface area contributed by atoms with Crippen LogP contribution in [0.1, 0.15) is 5.56 Å². The molecular formula is C11H10N2O2. The molecule has 4 nitrogen and oxygen atoms in total. The van der Waals surface area contributed by atoms with Crippen LogP contribution in [0.3, 0.4) is 0 Å². The second-order valence-corrected chi connectivity index (χ2v) is 3.02. The monoisotopic (exact) mass is 202 g/mol. The summed E-state index contributed by atoms with van der Waals surface area (Å²) in [5.74, 6) is 0.323. The zero-order valence-electron chi connectivity index (χ0n) is 7.94. The Morgan fingerprint density at radius 3 is 2.93 bits per heavy atom. The van der Waals surface area contributed by atoms with Crippen LogP contribution in [0.25, 0.3) is 6.08 Å². The topological polar surface area (TPSA) is 64.4 Å². The van der Waals surface area contributed by atoms with Gasteiger partial charge in [-0.1, -0.05) is 30.4 Å². The van der Waals surface area contributed by atoms with Gasteiger partial charge in [-0.3, -0.25) is 0 Å². The first-order valence-electron chi connectivity index (χ1n) is 4.47. The molecule has 0 bridgehead atoms. The minimum Gasteiger partial charge on any atom is -0.393 e. The summed E-state index contributed by atoms with van der Waals surface area (Å²) < 4.78 is 4.77. The number of carbonyl (C=O) groups excluding carboxylic acids is 1. The van der Waals surface area contributed by atoms with Crippen molar-refractivity contribution in [2.24, 2.45) is 5.73 Å². The Morgan fingerprint density at radius 1 is 1.33 bits per heavy atom. The fourth-order valence-corrected chi connectivity index (χ4v) is 1.34. The zero-order valence-corrected chi connectivity index (χ0v) is 7.94. The third kappa shape index (κ3) is 2.17. The molecule has 1 amide bonds. The van der Waals surface area contributed by atoms with Crippen molar-refractivity contribution in [2.75, 3.05) is 5.32 Å². The van der Waals surface area contributed by atoms with Crippen LogP contribution in [-0.4, -0.2) is 6.09 Å². The van der Waals surface area contributed by atoms with Crippen LogP contribution in [0.15, 0.2) is 42.3 Å². The number of para-hydroxylation sites is 1. The lowest BCUT2D eigenvalue weighted by molar-refractivity contribution is 0.188. The van der Waals surface area contributed by atoms with Crippen molar-refractivity contribution in [1.29, 1.82) is 0 Å². The lowest BCUT2D eigenvalue weighted by Crippen LogP contribution is -2.16. The van der Waals surface area contributed by atoms with E-state index in [1.165, 1.54) is 0 Å². The average Bonchev–Trinajstić information content (AvgIpc) is 2.38. The van der Waals surface area contributed by atoms with Gasteiger partial charge in [0, 0.05) is 5.69 Å². The summed E-state index contributed by atoms with van der Waals surface area (Å²) in [4.78, 5) is 10.6. The van der Waals surface area contributed by atoms with E-state index in [-0.39, 0.29) is 0 Å². The van der Waals surface area contributed by atoms with Gasteiger partial charge in [-0.05, 0) is 17.7 Å². The van der Waals surface area contributed by atoms with Gasteiger partial charge in [0.05, 0.1) is 0 Å². The molecule has 1 heterocycles. The van der Waals surface area contributed by atoms with E-state index >= 15 is 0 Å². The molecule has 0 atom stereocenters. The highest BCUT2D eigenvalue weighted by Gasteiger charge is 2.07. The number of benzene rings is 1. The van der Waals surface area contributed by atoms with E-state index in [0.29, 0.717) is 5.88 Å². The maximum atomic E-state index is 10.6. The van der Waals surface area contributed by atoms with Crippen molar-refractivity contribution in [3.05, 3.63) is 47.9 Å². The predicted molar refractivity (Wildman–Crippen MR) is 57.9 cm³/mol. The molecule has 1 aliphatic rings. The number of primary amides is 1. The Hall–Kier alpha value is -2.23. The van der Waals surface area contributed by atoms with E-state index in [2.05, 4.69) is 5.32 Å². The molecular weight excluding hydrogens is 192 g/mol. The summed E-state index contributed by atoms with van der Waals surface area (Å²) in [7, 11) is 0. The molecule has 2 rings (SSSR count). The van der Waals surface area contributed by atoms with Gasteiger partial charge in [0.15, 0.2) is 0 Å². The molecule has 1 aromatic rings. The zero-order chi connectivity index (χ0) is 10.7. The molecule has 15 heavy (non-hydrogen) atoms. The molecule has 1 aliphatic heterocycles. The second-order valence-electron chi connectivity index (χ2n) is 3.02. The van der Waals surface area contributed by atoms with E-state index in [4.69, 9.17) is 10.5 Å². The fraction of sp³-hybridized carbons (Fsp3) is 0. The Morgan fingerprint density at radius 2 is 2.13 bits per heavy atom. The van der Waals surface area contributed by atoms with Crippen molar-refractivity contribution in [3.63, 3.8) is 0 Å². The summed E-state index contributed by atoms with van der Waals surface area (Å²) in [6.07, 6.45) is 4.52. The number of allylic oxidation sites excluding steroid dienone is 2. The molecule has 0 radical (unpaired) electrons. The lowest BCUT2D eigenvalue weighted by Gasteiger charge is -2.09. The highest BCUT2D eigenvalue weighted by molar-refractivity contribution is 5.72. The SMILES string of the molecule is NC(=O)OC1=CC=Cc2ccccc2N1. The molecule has 3 N–H and O–H groups in total. The minimum absolute atomic E-state index is 0.323. The first-order chi connectivity index (χ1) is 7.25.